The number of hydrogen-bond donors (Lipinski definition) is 0. The molecule has 2 aromatic rings. The number of furan rings is 1. The van der Waals surface area contributed by atoms with Crippen molar-refractivity contribution < 1.29 is 13.9 Å². The molecule has 1 aromatic heterocycles. The van der Waals surface area contributed by atoms with Crippen LogP contribution in [0.4, 0.5) is 0 Å². The van der Waals surface area contributed by atoms with Gasteiger partial charge in [-0.05, 0) is 43.3 Å². The Kier molecular flexibility index (Phi) is 3.90. The summed E-state index contributed by atoms with van der Waals surface area (Å²) in [6, 6.07) is 10.8. The van der Waals surface area contributed by atoms with Crippen molar-refractivity contribution in [1.82, 2.24) is 4.90 Å². The van der Waals surface area contributed by atoms with E-state index in [9.17, 15) is 4.79 Å². The summed E-state index contributed by atoms with van der Waals surface area (Å²) in [7, 11) is 3.35. The van der Waals surface area contributed by atoms with Crippen LogP contribution in [0.25, 0.3) is 0 Å². The van der Waals surface area contributed by atoms with Gasteiger partial charge in [0.2, 0.25) is 0 Å². The highest BCUT2D eigenvalue weighted by Crippen LogP contribution is 2.14. The van der Waals surface area contributed by atoms with E-state index in [1.807, 2.05) is 19.1 Å². The molecule has 0 spiro atoms. The molecule has 0 fully saturated rings. The quantitative estimate of drug-likeness (QED) is 0.848. The Balaban J connectivity index is 2.05. The fourth-order valence-corrected chi connectivity index (χ4v) is 1.83. The molecule has 0 saturated heterocycles. The van der Waals surface area contributed by atoms with Gasteiger partial charge in [-0.25, -0.2) is 0 Å². The number of hydrogen-bond acceptors (Lipinski definition) is 3. The number of carbonyl (C=O) groups is 1. The van der Waals surface area contributed by atoms with Crippen LogP contribution in [0.5, 0.6) is 5.75 Å². The lowest BCUT2D eigenvalue weighted by Crippen LogP contribution is -2.25. The number of amides is 1. The number of carbonyl (C=O) groups excluding carboxylic acids is 1. The van der Waals surface area contributed by atoms with Crippen molar-refractivity contribution in [2.24, 2.45) is 0 Å². The summed E-state index contributed by atoms with van der Waals surface area (Å²) < 4.78 is 10.5. The van der Waals surface area contributed by atoms with E-state index in [1.54, 1.807) is 43.3 Å². The zero-order valence-electron chi connectivity index (χ0n) is 11.3. The van der Waals surface area contributed by atoms with Crippen molar-refractivity contribution in [2.75, 3.05) is 14.2 Å². The van der Waals surface area contributed by atoms with E-state index in [0.29, 0.717) is 12.1 Å². The van der Waals surface area contributed by atoms with Crippen LogP contribution in [-0.2, 0) is 6.54 Å². The van der Waals surface area contributed by atoms with E-state index in [1.165, 1.54) is 0 Å². The smallest absolute Gasteiger partial charge is 0.254 e. The van der Waals surface area contributed by atoms with E-state index in [-0.39, 0.29) is 5.91 Å². The zero-order chi connectivity index (χ0) is 13.8. The molecular formula is C15H17NO3. The van der Waals surface area contributed by atoms with Crippen LogP contribution in [0.15, 0.2) is 40.8 Å². The molecule has 0 atom stereocenters. The van der Waals surface area contributed by atoms with Gasteiger partial charge < -0.3 is 14.1 Å². The van der Waals surface area contributed by atoms with Gasteiger partial charge in [0.25, 0.3) is 5.91 Å². The minimum Gasteiger partial charge on any atom is -0.497 e. The second-order valence-electron chi connectivity index (χ2n) is 4.40. The minimum absolute atomic E-state index is 0.0447. The van der Waals surface area contributed by atoms with E-state index in [0.717, 1.165) is 17.3 Å². The molecule has 0 aliphatic carbocycles. The van der Waals surface area contributed by atoms with Crippen molar-refractivity contribution in [2.45, 2.75) is 13.5 Å². The first-order valence-corrected chi connectivity index (χ1v) is 6.05. The van der Waals surface area contributed by atoms with Crippen LogP contribution in [0, 0.1) is 6.92 Å². The van der Waals surface area contributed by atoms with Gasteiger partial charge in [-0.3, -0.25) is 4.79 Å². The third-order valence-electron chi connectivity index (χ3n) is 2.87. The molecule has 1 amide bonds. The van der Waals surface area contributed by atoms with E-state index in [4.69, 9.17) is 9.15 Å². The maximum absolute atomic E-state index is 12.2. The molecule has 2 rings (SSSR count). The molecule has 0 bridgehead atoms. The Hall–Kier alpha value is -2.23. The predicted octanol–water partition coefficient (Wildman–Crippen LogP) is 2.87. The summed E-state index contributed by atoms with van der Waals surface area (Å²) in [4.78, 5) is 13.8. The molecule has 1 aromatic carbocycles. The fraction of sp³-hybridized carbons (Fsp3) is 0.267. The van der Waals surface area contributed by atoms with Crippen LogP contribution in [0.2, 0.25) is 0 Å². The Morgan fingerprint density at radius 1 is 1.21 bits per heavy atom. The van der Waals surface area contributed by atoms with Gasteiger partial charge in [0.15, 0.2) is 0 Å². The summed E-state index contributed by atoms with van der Waals surface area (Å²) in [5.41, 5.74) is 0.631. The van der Waals surface area contributed by atoms with Crippen LogP contribution >= 0.6 is 0 Å². The molecule has 1 heterocycles. The number of ether oxygens (including phenoxy) is 1. The first kappa shape index (κ1) is 13.2. The summed E-state index contributed by atoms with van der Waals surface area (Å²) >= 11 is 0. The number of methoxy groups -OCH3 is 1. The fourth-order valence-electron chi connectivity index (χ4n) is 1.83. The average molecular weight is 259 g/mol. The first-order chi connectivity index (χ1) is 9.10. The lowest BCUT2D eigenvalue weighted by molar-refractivity contribution is 0.0775. The molecule has 0 radical (unpaired) electrons. The molecule has 100 valence electrons. The van der Waals surface area contributed by atoms with Crippen LogP contribution in [0.1, 0.15) is 21.9 Å². The topological polar surface area (TPSA) is 42.7 Å². The Morgan fingerprint density at radius 3 is 2.42 bits per heavy atom. The van der Waals surface area contributed by atoms with E-state index < -0.39 is 0 Å². The summed E-state index contributed by atoms with van der Waals surface area (Å²) in [6.45, 7) is 2.34. The molecule has 4 nitrogen and oxygen atoms in total. The minimum atomic E-state index is -0.0447. The second-order valence-corrected chi connectivity index (χ2v) is 4.40. The highest BCUT2D eigenvalue weighted by molar-refractivity contribution is 5.94. The molecular weight excluding hydrogens is 242 g/mol. The second kappa shape index (κ2) is 5.61. The standard InChI is InChI=1S/C15H17NO3/c1-11-4-7-14(19-11)10-16(2)15(17)12-5-8-13(18-3)9-6-12/h4-9H,10H2,1-3H3. The summed E-state index contributed by atoms with van der Waals surface area (Å²) in [5.74, 6) is 2.32. The number of rotatable bonds is 4. The number of benzene rings is 1. The molecule has 0 aliphatic heterocycles. The number of aryl methyl sites for hydroxylation is 1. The summed E-state index contributed by atoms with van der Waals surface area (Å²) in [5, 5.41) is 0. The molecule has 0 saturated carbocycles. The van der Waals surface area contributed by atoms with Crippen LogP contribution in [0.3, 0.4) is 0 Å². The highest BCUT2D eigenvalue weighted by atomic mass is 16.5. The van der Waals surface area contributed by atoms with Crippen molar-refractivity contribution in [3.8, 4) is 5.75 Å². The Morgan fingerprint density at radius 2 is 1.89 bits per heavy atom. The maximum Gasteiger partial charge on any atom is 0.254 e. The average Bonchev–Trinajstić information content (AvgIpc) is 2.83. The third kappa shape index (κ3) is 3.16. The van der Waals surface area contributed by atoms with Gasteiger partial charge in [-0.15, -0.1) is 0 Å². The number of nitrogens with zero attached hydrogens (tertiary/aromatic N) is 1. The molecule has 0 unspecified atom stereocenters. The zero-order valence-corrected chi connectivity index (χ0v) is 11.3. The van der Waals surface area contributed by atoms with Crippen molar-refractivity contribution >= 4 is 5.91 Å². The predicted molar refractivity (Wildman–Crippen MR) is 72.2 cm³/mol. The first-order valence-electron chi connectivity index (χ1n) is 6.05. The Labute approximate surface area is 112 Å². The van der Waals surface area contributed by atoms with Gasteiger partial charge >= 0.3 is 0 Å². The third-order valence-corrected chi connectivity index (χ3v) is 2.87. The lowest BCUT2D eigenvalue weighted by atomic mass is 10.2. The van der Waals surface area contributed by atoms with Gasteiger partial charge in [-0.1, -0.05) is 0 Å². The van der Waals surface area contributed by atoms with Gasteiger partial charge in [-0.2, -0.15) is 0 Å². The molecule has 0 aliphatic rings. The van der Waals surface area contributed by atoms with Gasteiger partial charge in [0.1, 0.15) is 17.3 Å². The van der Waals surface area contributed by atoms with E-state index >= 15 is 0 Å². The van der Waals surface area contributed by atoms with Gasteiger partial charge in [0.05, 0.1) is 13.7 Å². The highest BCUT2D eigenvalue weighted by Gasteiger charge is 2.13. The van der Waals surface area contributed by atoms with Crippen molar-refractivity contribution in [3.05, 3.63) is 53.5 Å². The largest absolute Gasteiger partial charge is 0.497 e. The van der Waals surface area contributed by atoms with Gasteiger partial charge in [0, 0.05) is 12.6 Å². The van der Waals surface area contributed by atoms with Crippen LogP contribution in [-0.4, -0.2) is 25.0 Å². The molecule has 4 heteroatoms. The van der Waals surface area contributed by atoms with Crippen molar-refractivity contribution in [3.63, 3.8) is 0 Å². The monoisotopic (exact) mass is 259 g/mol. The summed E-state index contributed by atoms with van der Waals surface area (Å²) in [6.07, 6.45) is 0. The van der Waals surface area contributed by atoms with Crippen molar-refractivity contribution in [1.29, 1.82) is 0 Å². The SMILES string of the molecule is COc1ccc(C(=O)N(C)Cc2ccc(C)o2)cc1. The van der Waals surface area contributed by atoms with E-state index in [2.05, 4.69) is 0 Å². The Bertz CT molecular complexity index is 557. The maximum atomic E-state index is 12.2. The molecule has 0 N–H and O–H groups in total. The normalized spacial score (nSPS) is 10.3. The van der Waals surface area contributed by atoms with Crippen LogP contribution < -0.4 is 4.74 Å². The molecule has 19 heavy (non-hydrogen) atoms. The lowest BCUT2D eigenvalue weighted by Gasteiger charge is -2.15.